The Hall–Kier alpha value is -2.41. The summed E-state index contributed by atoms with van der Waals surface area (Å²) in [6.45, 7) is 5.02. The van der Waals surface area contributed by atoms with Crippen LogP contribution in [0.15, 0.2) is 24.3 Å². The molecule has 1 N–H and O–H groups in total. The van der Waals surface area contributed by atoms with Crippen LogP contribution in [0.25, 0.3) is 6.08 Å². The second-order valence-corrected chi connectivity index (χ2v) is 5.34. The van der Waals surface area contributed by atoms with Gasteiger partial charge in [-0.1, -0.05) is 6.07 Å². The minimum atomic E-state index is -1.09. The molecule has 0 radical (unpaired) electrons. The summed E-state index contributed by atoms with van der Waals surface area (Å²) in [5.41, 5.74) is 0.973. The summed E-state index contributed by atoms with van der Waals surface area (Å²) < 4.78 is 5.64. The molecule has 1 aromatic carbocycles. The van der Waals surface area contributed by atoms with Crippen LogP contribution in [-0.2, 0) is 9.53 Å². The highest BCUT2D eigenvalue weighted by molar-refractivity contribution is 5.85. The molecule has 1 aliphatic heterocycles. The quantitative estimate of drug-likeness (QED) is 0.521. The zero-order chi connectivity index (χ0) is 16.3. The van der Waals surface area contributed by atoms with E-state index in [1.165, 1.54) is 12.1 Å². The minimum absolute atomic E-state index is 0.00469. The molecule has 1 heterocycles. The smallest absolute Gasteiger partial charge is 0.328 e. The SMILES string of the molecule is CC1CN(c2ccc(/C=C/C(=O)O)cc2[N+](=O)[O-])CC(C)O1. The predicted molar refractivity (Wildman–Crippen MR) is 82.0 cm³/mol. The minimum Gasteiger partial charge on any atom is -0.478 e. The predicted octanol–water partition coefficient (Wildman–Crippen LogP) is 2.31. The fourth-order valence-corrected chi connectivity index (χ4v) is 2.60. The molecule has 0 aromatic heterocycles. The van der Waals surface area contributed by atoms with Gasteiger partial charge in [-0.25, -0.2) is 4.79 Å². The van der Waals surface area contributed by atoms with E-state index in [-0.39, 0.29) is 17.9 Å². The Bertz CT molecular complexity index is 604. The van der Waals surface area contributed by atoms with Crippen LogP contribution in [0.1, 0.15) is 19.4 Å². The number of benzene rings is 1. The second-order valence-electron chi connectivity index (χ2n) is 5.34. The second kappa shape index (κ2) is 6.57. The number of hydrogen-bond acceptors (Lipinski definition) is 5. The molecule has 1 fully saturated rings. The Labute approximate surface area is 128 Å². The van der Waals surface area contributed by atoms with E-state index in [2.05, 4.69) is 0 Å². The highest BCUT2D eigenvalue weighted by Gasteiger charge is 2.27. The van der Waals surface area contributed by atoms with E-state index < -0.39 is 10.9 Å². The van der Waals surface area contributed by atoms with E-state index in [9.17, 15) is 14.9 Å². The lowest BCUT2D eigenvalue weighted by molar-refractivity contribution is -0.384. The molecule has 1 saturated heterocycles. The van der Waals surface area contributed by atoms with Gasteiger partial charge in [0, 0.05) is 25.2 Å². The van der Waals surface area contributed by atoms with Gasteiger partial charge in [0.05, 0.1) is 17.1 Å². The highest BCUT2D eigenvalue weighted by atomic mass is 16.6. The molecule has 2 rings (SSSR count). The van der Waals surface area contributed by atoms with E-state index in [1.54, 1.807) is 12.1 Å². The third kappa shape index (κ3) is 3.82. The summed E-state index contributed by atoms with van der Waals surface area (Å²) in [4.78, 5) is 23.3. The first kappa shape index (κ1) is 16.0. The molecule has 22 heavy (non-hydrogen) atoms. The van der Waals surface area contributed by atoms with Gasteiger partial charge in [0.15, 0.2) is 0 Å². The molecule has 1 aromatic rings. The zero-order valence-electron chi connectivity index (χ0n) is 12.4. The van der Waals surface area contributed by atoms with Crippen LogP contribution in [0, 0.1) is 10.1 Å². The number of carboxylic acids is 1. The summed E-state index contributed by atoms with van der Waals surface area (Å²) in [6, 6.07) is 4.72. The zero-order valence-corrected chi connectivity index (χ0v) is 12.4. The maximum Gasteiger partial charge on any atom is 0.328 e. The fourth-order valence-electron chi connectivity index (χ4n) is 2.60. The molecular weight excluding hydrogens is 288 g/mol. The van der Waals surface area contributed by atoms with Gasteiger partial charge in [-0.05, 0) is 31.6 Å². The number of ether oxygens (including phenoxy) is 1. The summed E-state index contributed by atoms with van der Waals surface area (Å²) in [6.07, 6.45) is 2.28. The van der Waals surface area contributed by atoms with E-state index in [1.807, 2.05) is 18.7 Å². The normalized spacial score (nSPS) is 22.0. The lowest BCUT2D eigenvalue weighted by atomic mass is 10.1. The van der Waals surface area contributed by atoms with Crippen LogP contribution in [-0.4, -0.2) is 41.3 Å². The molecule has 0 spiro atoms. The average molecular weight is 306 g/mol. The molecule has 2 atom stereocenters. The van der Waals surface area contributed by atoms with Crippen molar-refractivity contribution in [2.45, 2.75) is 26.1 Å². The molecule has 1 aliphatic rings. The monoisotopic (exact) mass is 306 g/mol. The highest BCUT2D eigenvalue weighted by Crippen LogP contribution is 2.31. The summed E-state index contributed by atoms with van der Waals surface area (Å²) >= 11 is 0. The van der Waals surface area contributed by atoms with Gasteiger partial charge < -0.3 is 14.7 Å². The van der Waals surface area contributed by atoms with Crippen molar-refractivity contribution in [2.24, 2.45) is 0 Å². The number of nitrogens with zero attached hydrogens (tertiary/aromatic N) is 2. The third-order valence-corrected chi connectivity index (χ3v) is 3.37. The van der Waals surface area contributed by atoms with E-state index in [0.717, 1.165) is 6.08 Å². The fraction of sp³-hybridized carbons (Fsp3) is 0.400. The number of hydrogen-bond donors (Lipinski definition) is 1. The molecule has 0 bridgehead atoms. The number of nitro benzene ring substituents is 1. The molecule has 0 aliphatic carbocycles. The Balaban J connectivity index is 2.35. The number of carbonyl (C=O) groups is 1. The van der Waals surface area contributed by atoms with Gasteiger partial charge in [-0.2, -0.15) is 0 Å². The number of nitro groups is 1. The van der Waals surface area contributed by atoms with Crippen LogP contribution in [0.5, 0.6) is 0 Å². The van der Waals surface area contributed by atoms with Gasteiger partial charge >= 0.3 is 5.97 Å². The lowest BCUT2D eigenvalue weighted by Gasteiger charge is -2.36. The maximum atomic E-state index is 11.3. The number of rotatable bonds is 4. The molecule has 0 amide bonds. The summed E-state index contributed by atoms with van der Waals surface area (Å²) in [7, 11) is 0. The van der Waals surface area contributed by atoms with Crippen molar-refractivity contribution in [3.63, 3.8) is 0 Å². The van der Waals surface area contributed by atoms with E-state index in [0.29, 0.717) is 24.3 Å². The Morgan fingerprint density at radius 2 is 2.05 bits per heavy atom. The molecule has 7 heteroatoms. The van der Waals surface area contributed by atoms with Crippen molar-refractivity contribution in [2.75, 3.05) is 18.0 Å². The molecule has 2 unspecified atom stereocenters. The van der Waals surface area contributed by atoms with Crippen LogP contribution >= 0.6 is 0 Å². The third-order valence-electron chi connectivity index (χ3n) is 3.37. The average Bonchev–Trinajstić information content (AvgIpc) is 2.43. The topological polar surface area (TPSA) is 92.9 Å². The summed E-state index contributed by atoms with van der Waals surface area (Å²) in [5.74, 6) is -1.09. The van der Waals surface area contributed by atoms with Crippen molar-refractivity contribution < 1.29 is 19.6 Å². The van der Waals surface area contributed by atoms with Crippen LogP contribution in [0.4, 0.5) is 11.4 Å². The first-order chi connectivity index (χ1) is 10.4. The number of morpholine rings is 1. The number of aliphatic carboxylic acids is 1. The Morgan fingerprint density at radius 3 is 2.59 bits per heavy atom. The van der Waals surface area contributed by atoms with Gasteiger partial charge in [-0.3, -0.25) is 10.1 Å². The van der Waals surface area contributed by atoms with Gasteiger partial charge in [0.1, 0.15) is 5.69 Å². The lowest BCUT2D eigenvalue weighted by Crippen LogP contribution is -2.45. The van der Waals surface area contributed by atoms with Gasteiger partial charge in [0.2, 0.25) is 0 Å². The molecule has 0 saturated carbocycles. The maximum absolute atomic E-state index is 11.3. The summed E-state index contributed by atoms with van der Waals surface area (Å²) in [5, 5.41) is 20.0. The molecular formula is C15H18N2O5. The number of carboxylic acid groups (broad SMARTS) is 1. The van der Waals surface area contributed by atoms with Crippen LogP contribution in [0.3, 0.4) is 0 Å². The first-order valence-electron chi connectivity index (χ1n) is 6.96. The van der Waals surface area contributed by atoms with Crippen molar-refractivity contribution in [3.05, 3.63) is 40.0 Å². The standard InChI is InChI=1S/C15H18N2O5/c1-10-8-16(9-11(2)22-10)13-5-3-12(4-6-15(18)19)7-14(13)17(20)21/h3-7,10-11H,8-9H2,1-2H3,(H,18,19)/b6-4+. The van der Waals surface area contributed by atoms with Crippen molar-refractivity contribution in [3.8, 4) is 0 Å². The van der Waals surface area contributed by atoms with Crippen LogP contribution in [0.2, 0.25) is 0 Å². The van der Waals surface area contributed by atoms with Crippen molar-refractivity contribution >= 4 is 23.4 Å². The van der Waals surface area contributed by atoms with Gasteiger partial charge in [0.25, 0.3) is 5.69 Å². The largest absolute Gasteiger partial charge is 0.478 e. The Kier molecular flexibility index (Phi) is 4.77. The molecule has 118 valence electrons. The van der Waals surface area contributed by atoms with Crippen LogP contribution < -0.4 is 4.90 Å². The molecule has 7 nitrogen and oxygen atoms in total. The van der Waals surface area contributed by atoms with Gasteiger partial charge in [-0.15, -0.1) is 0 Å². The first-order valence-corrected chi connectivity index (χ1v) is 6.96. The van der Waals surface area contributed by atoms with E-state index >= 15 is 0 Å². The Morgan fingerprint density at radius 1 is 1.41 bits per heavy atom. The van der Waals surface area contributed by atoms with E-state index in [4.69, 9.17) is 9.84 Å². The van der Waals surface area contributed by atoms with Crippen molar-refractivity contribution in [1.82, 2.24) is 0 Å². The van der Waals surface area contributed by atoms with Crippen molar-refractivity contribution in [1.29, 1.82) is 0 Å². The number of anilines is 1.